The van der Waals surface area contributed by atoms with Crippen LogP contribution in [-0.4, -0.2) is 141 Å². The first-order valence-electron chi connectivity index (χ1n) is 43.1. The molecule has 13 aromatic rings. The highest BCUT2D eigenvalue weighted by molar-refractivity contribution is 7.98. The van der Waals surface area contributed by atoms with Gasteiger partial charge in [-0.2, -0.15) is 40.9 Å². The second-order valence-corrected chi connectivity index (χ2v) is 31.6. The number of anilines is 4. The summed E-state index contributed by atoms with van der Waals surface area (Å²) in [5.74, 6) is 1.89. The molecule has 0 unspecified atom stereocenters. The topological polar surface area (TPSA) is 366 Å². The number of urea groups is 4. The van der Waals surface area contributed by atoms with Crippen molar-refractivity contribution in [2.45, 2.75) is 137 Å². The number of thioether (sulfide) groups is 1. The number of aromatic nitrogens is 9. The molecule has 1 aliphatic heterocycles. The Morgan fingerprint density at radius 1 is 0.390 bits per heavy atom. The van der Waals surface area contributed by atoms with Crippen molar-refractivity contribution in [3.05, 3.63) is 296 Å². The van der Waals surface area contributed by atoms with Crippen LogP contribution in [0.1, 0.15) is 120 Å². The van der Waals surface area contributed by atoms with Gasteiger partial charge < -0.3 is 63.9 Å². The molecule has 44 heteroatoms. The maximum absolute atomic E-state index is 13.0. The molecule has 0 spiro atoms. The number of ketones is 2. The first-order chi connectivity index (χ1) is 67.5. The normalized spacial score (nSPS) is 11.6. The number of fused-ring (bicyclic) bond motifs is 1. The van der Waals surface area contributed by atoms with Crippen LogP contribution < -0.4 is 66.2 Å². The smallest absolute Gasteiger partial charge is 0.495 e. The van der Waals surface area contributed by atoms with Crippen molar-refractivity contribution in [3.63, 3.8) is 0 Å². The highest BCUT2D eigenvalue weighted by Gasteiger charge is 2.36. The standard InChI is InChI=1S/C27H26F3N5O4.C24H25F3N4O4.C24H26F2N4O4.C22H21F3N4O3S/c1-17-24(20-12-22(38-3)15-31-13-20)34-35(21-7-5-4-6-8-21)25(17)33-26(36)32-14-19-11-18(16-37-2)9-10-23(19)39-27(28,29)30;1-4-19(32)21-15(2)22(31(30-21)18-8-6-5-7-9-18)29-23(33)28-13-17-12-16(14-34-3)10-11-20(17)35-24(25,26)27;1-4-19(31)21-15(2)22(30(29-21)18-8-6-5-7-9-18)28-24(32)27-13-17-12-16(14-33-3)10-11-20(17)34-23(25)26;1-31-11-14-7-8-19(32-22(23,24)25)15(9-14)10-26-21(30)27-20-17-12-33-13-18(17)28-29(20)16-5-3-2-4-6-16/h4-13,15H,14,16H2,1-3H3,(H2,32,33,36);5-12H,4,13-14H2,1-3H3,(H2,28,29,33);5-12,23H,4,13-14H2,1-3H3,(H2,27,28,32);2-9H,10-13H2,1H3,(H2,26,27,30). The minimum absolute atomic E-state index is 0.0449. The van der Waals surface area contributed by atoms with Crippen LogP contribution in [0.4, 0.5) is 90.7 Å². The van der Waals surface area contributed by atoms with Crippen molar-refractivity contribution in [1.29, 1.82) is 0 Å². The highest BCUT2D eigenvalue weighted by atomic mass is 32.2. The zero-order valence-electron chi connectivity index (χ0n) is 77.5. The number of amides is 8. The molecule has 0 fully saturated rings. The van der Waals surface area contributed by atoms with Gasteiger partial charge in [-0.1, -0.05) is 111 Å². The maximum atomic E-state index is 13.0. The molecule has 0 bridgehead atoms. The highest BCUT2D eigenvalue weighted by Crippen LogP contribution is 2.39. The fourth-order valence-corrected chi connectivity index (χ4v) is 15.2. The summed E-state index contributed by atoms with van der Waals surface area (Å²) in [5, 5.41) is 39.5. The quantitative estimate of drug-likeness (QED) is 0.0135. The lowest BCUT2D eigenvalue weighted by molar-refractivity contribution is -0.275. The van der Waals surface area contributed by atoms with E-state index in [4.69, 9.17) is 28.8 Å². The minimum atomic E-state index is -4.89. The molecule has 14 rings (SSSR count). The van der Waals surface area contributed by atoms with Crippen LogP contribution in [0.15, 0.2) is 213 Å². The number of Topliss-reactive ketones (excluding diaryl/α,β-unsaturated/α-hetero) is 2. The Morgan fingerprint density at radius 2 is 0.709 bits per heavy atom. The Labute approximate surface area is 805 Å². The predicted molar refractivity (Wildman–Crippen MR) is 501 cm³/mol. The van der Waals surface area contributed by atoms with E-state index in [2.05, 4.69) is 81.8 Å². The van der Waals surface area contributed by atoms with E-state index in [0.717, 1.165) is 28.3 Å². The van der Waals surface area contributed by atoms with Crippen LogP contribution >= 0.6 is 11.8 Å². The molecule has 0 saturated heterocycles. The van der Waals surface area contributed by atoms with Crippen LogP contribution in [0.5, 0.6) is 28.7 Å². The number of rotatable bonds is 35. The number of nitrogens with zero attached hydrogens (tertiary/aromatic N) is 9. The number of carbonyl (C=O) groups excluding carboxylic acids is 6. The summed E-state index contributed by atoms with van der Waals surface area (Å²) >= 11 is 1.70. The largest absolute Gasteiger partial charge is 0.573 e. The fraction of sp³-hybridized carbons (Fsp3) is 0.268. The summed E-state index contributed by atoms with van der Waals surface area (Å²) in [4.78, 5) is 80.1. The van der Waals surface area contributed by atoms with Crippen molar-refractivity contribution in [3.8, 4) is 62.8 Å². The lowest BCUT2D eigenvalue weighted by atomic mass is 10.1. The SMILES string of the molecule is CCC(=O)c1nn(-c2ccccc2)c(NC(=O)NCc2cc(COC)ccc2OC(F)(F)F)c1C.CCC(=O)c1nn(-c2ccccc2)c(NC(=O)NCc2cc(COC)ccc2OC(F)F)c1C.COCc1ccc(OC(F)(F)F)c(CNC(=O)Nc2c(C)c(-c3cncc(OC)c3)nn2-c2ccccc2)c1.COCc1ccc(OC(F)(F)F)c(CNC(=O)Nc2c3c(nn2-c2ccccc2)CSC3)c1. The second kappa shape index (κ2) is 49.7. The number of hydrogen-bond acceptors (Lipinski definition) is 21. The summed E-state index contributed by atoms with van der Waals surface area (Å²) in [6, 6.07) is 52.8. The zero-order valence-corrected chi connectivity index (χ0v) is 78.3. The van der Waals surface area contributed by atoms with Crippen molar-refractivity contribution < 1.29 is 120 Å². The number of benzene rings is 8. The van der Waals surface area contributed by atoms with E-state index in [1.807, 2.05) is 84.9 Å². The van der Waals surface area contributed by atoms with Gasteiger partial charge in [0.25, 0.3) is 0 Å². The van der Waals surface area contributed by atoms with Crippen LogP contribution in [0, 0.1) is 20.8 Å². The summed E-state index contributed by atoms with van der Waals surface area (Å²) in [7, 11) is 7.47. The molecule has 8 amide bonds. The van der Waals surface area contributed by atoms with Crippen LogP contribution in [0.3, 0.4) is 0 Å². The Bertz CT molecular complexity index is 6450. The van der Waals surface area contributed by atoms with Crippen molar-refractivity contribution in [2.75, 3.05) is 56.8 Å². The first kappa shape index (κ1) is 106. The minimum Gasteiger partial charge on any atom is -0.495 e. The third-order valence-electron chi connectivity index (χ3n) is 20.6. The van der Waals surface area contributed by atoms with E-state index in [9.17, 15) is 77.1 Å². The Balaban J connectivity index is 0.000000180. The van der Waals surface area contributed by atoms with Gasteiger partial charge in [0.15, 0.2) is 11.6 Å². The molecule has 0 atom stereocenters. The lowest BCUT2D eigenvalue weighted by Gasteiger charge is -2.16. The molecule has 744 valence electrons. The maximum Gasteiger partial charge on any atom is 0.573 e. The molecule has 0 radical (unpaired) electrons. The van der Waals surface area contributed by atoms with Crippen LogP contribution in [-0.2, 0) is 83.1 Å². The van der Waals surface area contributed by atoms with Crippen LogP contribution in [0.2, 0.25) is 0 Å². The third kappa shape index (κ3) is 30.1. The average molecular weight is 1980 g/mol. The van der Waals surface area contributed by atoms with Gasteiger partial charge in [0, 0.05) is 135 Å². The second-order valence-electron chi connectivity index (χ2n) is 30.6. The van der Waals surface area contributed by atoms with Crippen molar-refractivity contribution in [1.82, 2.24) is 65.4 Å². The van der Waals surface area contributed by atoms with Gasteiger partial charge in [-0.05, 0) is 146 Å². The van der Waals surface area contributed by atoms with Gasteiger partial charge in [-0.3, -0.25) is 35.8 Å². The van der Waals surface area contributed by atoms with E-state index in [1.165, 1.54) is 106 Å². The molecule has 8 N–H and O–H groups in total. The molecule has 5 aromatic heterocycles. The Hall–Kier alpha value is -15.4. The van der Waals surface area contributed by atoms with Crippen molar-refractivity contribution >= 4 is 70.7 Å². The van der Waals surface area contributed by atoms with Gasteiger partial charge in [-0.15, -0.1) is 39.5 Å². The van der Waals surface area contributed by atoms with E-state index in [1.54, 1.807) is 123 Å². The third-order valence-corrected chi connectivity index (χ3v) is 21.6. The summed E-state index contributed by atoms with van der Waals surface area (Å²) in [6.07, 6.45) is -10.9. The molecular weight excluding hydrogens is 1880 g/mol. The molecule has 1 aliphatic rings. The molecule has 0 saturated carbocycles. The summed E-state index contributed by atoms with van der Waals surface area (Å²) < 4.78 is 190. The number of hydrogen-bond donors (Lipinski definition) is 8. The fourth-order valence-electron chi connectivity index (χ4n) is 14.2. The van der Waals surface area contributed by atoms with Crippen LogP contribution in [0.25, 0.3) is 34.0 Å². The Morgan fingerprint density at radius 3 is 1.04 bits per heavy atom. The summed E-state index contributed by atoms with van der Waals surface area (Å²) in [5.41, 5.74) is 11.4. The van der Waals surface area contributed by atoms with Crippen molar-refractivity contribution in [2.24, 2.45) is 0 Å². The number of ether oxygens (including phenoxy) is 9. The average Bonchev–Trinajstić information content (AvgIpc) is 1.63. The molecule has 6 heterocycles. The number of para-hydroxylation sites is 4. The van der Waals surface area contributed by atoms with Gasteiger partial charge in [0.1, 0.15) is 63.4 Å². The number of nitrogens with one attached hydrogen (secondary N) is 8. The number of methoxy groups -OCH3 is 5. The van der Waals surface area contributed by atoms with E-state index in [0.29, 0.717) is 96.2 Å². The summed E-state index contributed by atoms with van der Waals surface area (Å²) in [6.45, 7) is 5.70. The number of pyridine rings is 1. The van der Waals surface area contributed by atoms with E-state index < -0.39 is 61.3 Å². The van der Waals surface area contributed by atoms with E-state index in [-0.39, 0.29) is 122 Å². The molecule has 32 nitrogen and oxygen atoms in total. The van der Waals surface area contributed by atoms with Gasteiger partial charge in [0.05, 0.1) is 73.9 Å². The van der Waals surface area contributed by atoms with Gasteiger partial charge >= 0.3 is 49.8 Å². The Kier molecular flexibility index (Phi) is 37.4. The van der Waals surface area contributed by atoms with Gasteiger partial charge in [-0.25, -0.2) is 37.9 Å². The lowest BCUT2D eigenvalue weighted by Crippen LogP contribution is -2.30. The monoisotopic (exact) mass is 1980 g/mol. The molecular formula is C97H98F11N17O15S. The van der Waals surface area contributed by atoms with Gasteiger partial charge in [0.2, 0.25) is 0 Å². The molecule has 0 aliphatic carbocycles. The molecule has 141 heavy (non-hydrogen) atoms. The number of halogens is 11. The van der Waals surface area contributed by atoms with E-state index >= 15 is 0 Å². The first-order valence-corrected chi connectivity index (χ1v) is 44.2. The number of alkyl halides is 11. The number of carbonyl (C=O) groups is 6. The zero-order chi connectivity index (χ0) is 102. The molecule has 8 aromatic carbocycles. The predicted octanol–water partition coefficient (Wildman–Crippen LogP) is 20.6.